The Labute approximate surface area is 213 Å². The van der Waals surface area contributed by atoms with Crippen LogP contribution in [-0.4, -0.2) is 24.4 Å². The lowest BCUT2D eigenvalue weighted by molar-refractivity contribution is 0.257. The fraction of sp³-hybridized carbons (Fsp3) is 0.700. The van der Waals surface area contributed by atoms with Gasteiger partial charge in [0.25, 0.3) is 5.56 Å². The van der Waals surface area contributed by atoms with E-state index in [-0.39, 0.29) is 5.56 Å². The topological polar surface area (TPSA) is 49.7 Å². The zero-order valence-corrected chi connectivity index (χ0v) is 22.8. The van der Waals surface area contributed by atoms with Crippen molar-refractivity contribution in [1.29, 1.82) is 0 Å². The number of hydrogen-bond donors (Lipinski definition) is 0. The van der Waals surface area contributed by atoms with E-state index >= 15 is 0 Å². The summed E-state index contributed by atoms with van der Waals surface area (Å²) in [6.45, 7) is 8.45. The molecule has 0 aliphatic carbocycles. The van der Waals surface area contributed by atoms with Crippen LogP contribution in [0, 0.1) is 0 Å². The van der Waals surface area contributed by atoms with Crippen LogP contribution in [0.25, 0.3) is 10.9 Å². The Morgan fingerprint density at radius 1 is 0.629 bits per heavy atom. The van der Waals surface area contributed by atoms with Crippen molar-refractivity contribution in [3.63, 3.8) is 0 Å². The fourth-order valence-electron chi connectivity index (χ4n) is 4.30. The monoisotopic (exact) mass is 487 g/mol. The molecule has 0 aliphatic heterocycles. The first-order chi connectivity index (χ1) is 17.1. The molecule has 0 aliphatic rings. The number of rotatable bonds is 20. The van der Waals surface area contributed by atoms with Gasteiger partial charge in [-0.05, 0) is 31.4 Å². The highest BCUT2D eigenvalue weighted by Gasteiger charge is 2.19. The number of fused-ring (bicyclic) bond motifs is 1. The lowest BCUT2D eigenvalue weighted by atomic mass is 10.1. The molecular formula is C30H49NO4. The summed E-state index contributed by atoms with van der Waals surface area (Å²) in [7, 11) is 1.80. The molecule has 35 heavy (non-hydrogen) atoms. The van der Waals surface area contributed by atoms with Gasteiger partial charge in [0.1, 0.15) is 5.75 Å². The molecule has 5 nitrogen and oxygen atoms in total. The highest BCUT2D eigenvalue weighted by molar-refractivity contribution is 5.89. The van der Waals surface area contributed by atoms with Crippen molar-refractivity contribution >= 4 is 10.9 Å². The van der Waals surface area contributed by atoms with Gasteiger partial charge in [0.15, 0.2) is 5.75 Å². The van der Waals surface area contributed by atoms with E-state index in [9.17, 15) is 4.79 Å². The van der Waals surface area contributed by atoms with Gasteiger partial charge in [-0.2, -0.15) is 0 Å². The summed E-state index contributed by atoms with van der Waals surface area (Å²) in [6.07, 6.45) is 16.3. The Hall–Kier alpha value is -2.17. The van der Waals surface area contributed by atoms with Gasteiger partial charge < -0.3 is 18.8 Å². The molecule has 0 N–H and O–H groups in total. The van der Waals surface area contributed by atoms with Crippen LogP contribution in [0.5, 0.6) is 17.2 Å². The highest BCUT2D eigenvalue weighted by Crippen LogP contribution is 2.35. The molecule has 1 heterocycles. The molecule has 0 spiro atoms. The molecule has 1 aromatic carbocycles. The van der Waals surface area contributed by atoms with Gasteiger partial charge in [0.05, 0.1) is 25.3 Å². The summed E-state index contributed by atoms with van der Waals surface area (Å²) in [5.41, 5.74) is 0.668. The SMILES string of the molecule is CCCCCCCCOc1ccc2c(OCCCCCC)c(OCCCCCC)c(=O)n(C)c2c1. The van der Waals surface area contributed by atoms with E-state index in [1.807, 2.05) is 18.2 Å². The summed E-state index contributed by atoms with van der Waals surface area (Å²) in [5.74, 6) is 1.72. The van der Waals surface area contributed by atoms with Crippen LogP contribution in [0.3, 0.4) is 0 Å². The zero-order chi connectivity index (χ0) is 25.3. The Morgan fingerprint density at radius 3 is 1.71 bits per heavy atom. The van der Waals surface area contributed by atoms with Crippen LogP contribution < -0.4 is 19.8 Å². The summed E-state index contributed by atoms with van der Waals surface area (Å²) in [5, 5.41) is 0.901. The second-order valence-electron chi connectivity index (χ2n) is 9.64. The molecule has 5 heteroatoms. The van der Waals surface area contributed by atoms with E-state index in [1.54, 1.807) is 11.6 Å². The number of unbranched alkanes of at least 4 members (excludes halogenated alkanes) is 11. The number of hydrogen-bond acceptors (Lipinski definition) is 4. The Morgan fingerprint density at radius 2 is 1.11 bits per heavy atom. The standard InChI is InChI=1S/C30H49NO4/c1-5-8-11-14-15-18-21-33-25-19-20-26-27(24-25)31(4)30(32)29(35-23-17-13-10-7-3)28(26)34-22-16-12-9-6-2/h19-20,24H,5-18,21-23H2,1-4H3. The lowest BCUT2D eigenvalue weighted by Crippen LogP contribution is -2.21. The number of nitrogens with zero attached hydrogens (tertiary/aromatic N) is 1. The van der Waals surface area contributed by atoms with Crippen molar-refractivity contribution in [2.24, 2.45) is 7.05 Å². The molecule has 0 unspecified atom stereocenters. The summed E-state index contributed by atoms with van der Waals surface area (Å²) in [6, 6.07) is 5.96. The van der Waals surface area contributed by atoms with Gasteiger partial charge in [0, 0.05) is 18.5 Å². The molecule has 0 saturated heterocycles. The average molecular weight is 488 g/mol. The maximum atomic E-state index is 13.3. The largest absolute Gasteiger partial charge is 0.494 e. The van der Waals surface area contributed by atoms with E-state index in [1.165, 1.54) is 57.8 Å². The maximum absolute atomic E-state index is 13.3. The Kier molecular flexibility index (Phi) is 14.4. The molecule has 0 fully saturated rings. The number of ether oxygens (including phenoxy) is 3. The molecule has 0 atom stereocenters. The van der Waals surface area contributed by atoms with Gasteiger partial charge in [-0.3, -0.25) is 4.79 Å². The van der Waals surface area contributed by atoms with E-state index in [4.69, 9.17) is 14.2 Å². The highest BCUT2D eigenvalue weighted by atomic mass is 16.5. The number of pyridine rings is 1. The Balaban J connectivity index is 2.17. The van der Waals surface area contributed by atoms with Crippen molar-refractivity contribution in [2.45, 2.75) is 111 Å². The minimum absolute atomic E-state index is 0.148. The van der Waals surface area contributed by atoms with E-state index in [2.05, 4.69) is 20.8 Å². The molecule has 0 bridgehead atoms. The molecule has 2 rings (SSSR count). The van der Waals surface area contributed by atoms with Crippen LogP contribution >= 0.6 is 0 Å². The van der Waals surface area contributed by atoms with Crippen LogP contribution in [0.2, 0.25) is 0 Å². The first-order valence-corrected chi connectivity index (χ1v) is 14.2. The normalized spacial score (nSPS) is 11.2. The van der Waals surface area contributed by atoms with Gasteiger partial charge in [-0.15, -0.1) is 0 Å². The second kappa shape index (κ2) is 17.3. The predicted octanol–water partition coefficient (Wildman–Crippen LogP) is 8.20. The number of aromatic nitrogens is 1. The molecule has 0 saturated carbocycles. The van der Waals surface area contributed by atoms with Crippen LogP contribution in [0.15, 0.2) is 23.0 Å². The molecule has 198 valence electrons. The lowest BCUT2D eigenvalue weighted by Gasteiger charge is -2.18. The van der Waals surface area contributed by atoms with E-state index in [0.717, 1.165) is 48.8 Å². The predicted molar refractivity (Wildman–Crippen MR) is 147 cm³/mol. The van der Waals surface area contributed by atoms with Crippen molar-refractivity contribution in [2.75, 3.05) is 19.8 Å². The first-order valence-electron chi connectivity index (χ1n) is 14.2. The van der Waals surface area contributed by atoms with Crippen molar-refractivity contribution in [1.82, 2.24) is 4.57 Å². The number of aryl methyl sites for hydroxylation is 1. The smallest absolute Gasteiger partial charge is 0.297 e. The van der Waals surface area contributed by atoms with Gasteiger partial charge in [-0.25, -0.2) is 0 Å². The van der Waals surface area contributed by atoms with Crippen molar-refractivity contribution < 1.29 is 14.2 Å². The molecule has 1 aromatic heterocycles. The van der Waals surface area contributed by atoms with Crippen molar-refractivity contribution in [3.8, 4) is 17.2 Å². The van der Waals surface area contributed by atoms with E-state index in [0.29, 0.717) is 31.3 Å². The van der Waals surface area contributed by atoms with Crippen LogP contribution in [0.4, 0.5) is 0 Å². The quantitative estimate of drug-likeness (QED) is 0.177. The van der Waals surface area contributed by atoms with Crippen molar-refractivity contribution in [3.05, 3.63) is 28.6 Å². The molecule has 0 amide bonds. The summed E-state index contributed by atoms with van der Waals surface area (Å²) in [4.78, 5) is 13.3. The van der Waals surface area contributed by atoms with Crippen LogP contribution in [0.1, 0.15) is 111 Å². The number of benzene rings is 1. The third kappa shape index (κ3) is 9.77. The van der Waals surface area contributed by atoms with Gasteiger partial charge in [-0.1, -0.05) is 91.4 Å². The first kappa shape index (κ1) is 29.1. The molecule has 2 aromatic rings. The molecular weight excluding hydrogens is 438 g/mol. The molecule has 0 radical (unpaired) electrons. The summed E-state index contributed by atoms with van der Waals surface area (Å²) >= 11 is 0. The zero-order valence-electron chi connectivity index (χ0n) is 22.8. The second-order valence-corrected chi connectivity index (χ2v) is 9.64. The Bertz CT molecular complexity index is 905. The van der Waals surface area contributed by atoms with Gasteiger partial charge >= 0.3 is 0 Å². The van der Waals surface area contributed by atoms with E-state index < -0.39 is 0 Å². The minimum atomic E-state index is -0.148. The summed E-state index contributed by atoms with van der Waals surface area (Å²) < 4.78 is 19.9. The van der Waals surface area contributed by atoms with Gasteiger partial charge in [0.2, 0.25) is 5.75 Å². The third-order valence-corrected chi connectivity index (χ3v) is 6.54. The third-order valence-electron chi connectivity index (χ3n) is 6.54. The minimum Gasteiger partial charge on any atom is -0.494 e. The fourth-order valence-corrected chi connectivity index (χ4v) is 4.30. The maximum Gasteiger partial charge on any atom is 0.297 e. The average Bonchev–Trinajstić information content (AvgIpc) is 2.87. The van der Waals surface area contributed by atoms with Crippen LogP contribution in [-0.2, 0) is 7.05 Å².